The Morgan fingerprint density at radius 2 is 1.93 bits per heavy atom. The van der Waals surface area contributed by atoms with E-state index in [0.717, 1.165) is 40.1 Å². The Hall–Kier alpha value is -2.96. The van der Waals surface area contributed by atoms with Crippen LogP contribution in [0.25, 0.3) is 17.0 Å². The summed E-state index contributed by atoms with van der Waals surface area (Å²) in [5.74, 6) is 0.608. The monoisotopic (exact) mass is 407 g/mol. The molecule has 1 amide bonds. The van der Waals surface area contributed by atoms with Crippen LogP contribution in [0.1, 0.15) is 11.1 Å². The first kappa shape index (κ1) is 19.4. The smallest absolute Gasteiger partial charge is 0.237 e. The van der Waals surface area contributed by atoms with Gasteiger partial charge in [-0.05, 0) is 35.4 Å². The van der Waals surface area contributed by atoms with Gasteiger partial charge in [0.2, 0.25) is 5.91 Å². The Balaban J connectivity index is 1.33. The molecule has 0 bridgehead atoms. The third-order valence-electron chi connectivity index (χ3n) is 5.05. The lowest BCUT2D eigenvalue weighted by molar-refractivity contribution is -0.136. The highest BCUT2D eigenvalue weighted by molar-refractivity contribution is 6.30. The number of fused-ring (bicyclic) bond motifs is 1. The van der Waals surface area contributed by atoms with E-state index in [9.17, 15) is 4.79 Å². The zero-order valence-corrected chi connectivity index (χ0v) is 16.7. The molecule has 1 aromatic heterocycles. The van der Waals surface area contributed by atoms with Crippen molar-refractivity contribution in [3.8, 4) is 0 Å². The van der Waals surface area contributed by atoms with Crippen LogP contribution in [0.2, 0.25) is 5.02 Å². The van der Waals surface area contributed by atoms with E-state index in [0.29, 0.717) is 25.5 Å². The Kier molecular flexibility index (Phi) is 5.74. The van der Waals surface area contributed by atoms with E-state index in [-0.39, 0.29) is 5.91 Å². The number of rotatable bonds is 5. The molecule has 1 aliphatic heterocycles. The number of piperazine rings is 1. The van der Waals surface area contributed by atoms with Gasteiger partial charge in [-0.15, -0.1) is 0 Å². The largest absolute Gasteiger partial charge is 0.383 e. The Labute approximate surface area is 174 Å². The number of hydrogen-bond donors (Lipinski definition) is 1. The summed E-state index contributed by atoms with van der Waals surface area (Å²) in [6.07, 6.45) is 5.60. The highest BCUT2D eigenvalue weighted by Gasteiger charge is 2.23. The quantitative estimate of drug-likeness (QED) is 0.702. The predicted octanol–water partition coefficient (Wildman–Crippen LogP) is 3.22. The van der Waals surface area contributed by atoms with E-state index in [4.69, 9.17) is 17.3 Å². The van der Waals surface area contributed by atoms with E-state index < -0.39 is 0 Å². The molecule has 2 heterocycles. The summed E-state index contributed by atoms with van der Waals surface area (Å²) >= 11 is 5.90. The number of aromatic nitrogens is 2. The highest BCUT2D eigenvalue weighted by atomic mass is 35.5. The van der Waals surface area contributed by atoms with E-state index in [1.54, 1.807) is 0 Å². The second kappa shape index (κ2) is 8.59. The van der Waals surface area contributed by atoms with Gasteiger partial charge in [-0.25, -0.2) is 9.97 Å². The summed E-state index contributed by atoms with van der Waals surface area (Å²) in [5.41, 5.74) is 8.82. The summed E-state index contributed by atoms with van der Waals surface area (Å²) in [7, 11) is 0. The maximum absolute atomic E-state index is 12.6. The Morgan fingerprint density at radius 1 is 1.10 bits per heavy atom. The second-order valence-corrected chi connectivity index (χ2v) is 7.55. The Bertz CT molecular complexity index is 1050. The van der Waals surface area contributed by atoms with Crippen molar-refractivity contribution < 1.29 is 4.79 Å². The minimum absolute atomic E-state index is 0.137. The summed E-state index contributed by atoms with van der Waals surface area (Å²) in [4.78, 5) is 24.9. The molecule has 0 atom stereocenters. The Morgan fingerprint density at radius 3 is 2.72 bits per heavy atom. The zero-order chi connectivity index (χ0) is 20.2. The number of nitrogen functional groups attached to an aromatic ring is 1. The molecular formula is C22H22ClN5O. The minimum atomic E-state index is 0.137. The zero-order valence-electron chi connectivity index (χ0n) is 16.0. The molecule has 1 fully saturated rings. The maximum atomic E-state index is 12.6. The molecule has 0 radical (unpaired) electrons. The van der Waals surface area contributed by atoms with Crippen LogP contribution in [-0.2, 0) is 11.3 Å². The van der Waals surface area contributed by atoms with Gasteiger partial charge in [-0.2, -0.15) is 0 Å². The van der Waals surface area contributed by atoms with Crippen molar-refractivity contribution in [1.29, 1.82) is 0 Å². The summed E-state index contributed by atoms with van der Waals surface area (Å²) in [5, 5.41) is 1.56. The molecule has 3 aromatic rings. The average molecular weight is 408 g/mol. The molecule has 1 aliphatic rings. The van der Waals surface area contributed by atoms with Crippen LogP contribution in [0, 0.1) is 0 Å². The van der Waals surface area contributed by atoms with Gasteiger partial charge < -0.3 is 10.6 Å². The number of amides is 1. The van der Waals surface area contributed by atoms with Crippen molar-refractivity contribution in [2.45, 2.75) is 6.54 Å². The van der Waals surface area contributed by atoms with E-state index in [2.05, 4.69) is 27.0 Å². The van der Waals surface area contributed by atoms with Gasteiger partial charge in [0.05, 0.1) is 12.1 Å². The first-order chi connectivity index (χ1) is 14.1. The van der Waals surface area contributed by atoms with Gasteiger partial charge in [-0.3, -0.25) is 9.69 Å². The summed E-state index contributed by atoms with van der Waals surface area (Å²) < 4.78 is 0. The lowest BCUT2D eigenvalue weighted by Crippen LogP contribution is -2.49. The molecule has 0 saturated carbocycles. The topological polar surface area (TPSA) is 75.3 Å². The van der Waals surface area contributed by atoms with Gasteiger partial charge in [-0.1, -0.05) is 42.0 Å². The number of halogens is 1. The molecule has 148 valence electrons. The van der Waals surface area contributed by atoms with Gasteiger partial charge in [0.1, 0.15) is 12.1 Å². The van der Waals surface area contributed by atoms with Crippen LogP contribution >= 0.6 is 11.6 Å². The van der Waals surface area contributed by atoms with Gasteiger partial charge in [0.15, 0.2) is 0 Å². The number of hydrogen-bond acceptors (Lipinski definition) is 5. The summed E-state index contributed by atoms with van der Waals surface area (Å²) in [6.45, 7) is 3.30. The van der Waals surface area contributed by atoms with Crippen molar-refractivity contribution in [2.75, 3.05) is 31.9 Å². The third kappa shape index (κ3) is 4.72. The molecular weight excluding hydrogens is 386 g/mol. The number of nitrogens with two attached hydrogens (primary N) is 1. The molecule has 29 heavy (non-hydrogen) atoms. The maximum Gasteiger partial charge on any atom is 0.237 e. The van der Waals surface area contributed by atoms with E-state index >= 15 is 0 Å². The first-order valence-electron chi connectivity index (χ1n) is 9.50. The van der Waals surface area contributed by atoms with Crippen LogP contribution in [0.15, 0.2) is 54.9 Å². The van der Waals surface area contributed by atoms with Gasteiger partial charge >= 0.3 is 0 Å². The first-order valence-corrected chi connectivity index (χ1v) is 9.87. The van der Waals surface area contributed by atoms with E-state index in [1.165, 1.54) is 6.33 Å². The standard InChI is InChI=1S/C22H22ClN5O/c23-18-6-3-16(4-7-18)2-1-9-27-10-11-28(21(29)14-27)13-17-5-8-19-20(12-17)25-15-26-22(19)24/h1-8,12,15H,9-11,13-14H2,(H2,24,25,26)/b2-1+. The predicted molar refractivity (Wildman–Crippen MR) is 116 cm³/mol. The molecule has 1 saturated heterocycles. The fourth-order valence-electron chi connectivity index (χ4n) is 3.43. The number of anilines is 1. The molecule has 0 unspecified atom stereocenters. The summed E-state index contributed by atoms with van der Waals surface area (Å²) in [6, 6.07) is 13.6. The van der Waals surface area contributed by atoms with E-state index in [1.807, 2.05) is 47.4 Å². The second-order valence-electron chi connectivity index (χ2n) is 7.11. The molecule has 0 aliphatic carbocycles. The number of nitrogens with zero attached hydrogens (tertiary/aromatic N) is 4. The highest BCUT2D eigenvalue weighted by Crippen LogP contribution is 2.19. The van der Waals surface area contributed by atoms with Crippen molar-refractivity contribution in [1.82, 2.24) is 19.8 Å². The van der Waals surface area contributed by atoms with Crippen LogP contribution in [-0.4, -0.2) is 51.9 Å². The molecule has 2 aromatic carbocycles. The van der Waals surface area contributed by atoms with Crippen LogP contribution < -0.4 is 5.73 Å². The minimum Gasteiger partial charge on any atom is -0.383 e. The molecule has 4 rings (SSSR count). The number of benzene rings is 2. The van der Waals surface area contributed by atoms with Crippen molar-refractivity contribution in [2.24, 2.45) is 0 Å². The third-order valence-corrected chi connectivity index (χ3v) is 5.30. The van der Waals surface area contributed by atoms with Crippen LogP contribution in [0.4, 0.5) is 5.82 Å². The number of carbonyl (C=O) groups is 1. The van der Waals surface area contributed by atoms with Gasteiger partial charge in [0, 0.05) is 36.6 Å². The number of carbonyl (C=O) groups excluding carboxylic acids is 1. The van der Waals surface area contributed by atoms with Crippen LogP contribution in [0.5, 0.6) is 0 Å². The van der Waals surface area contributed by atoms with Crippen LogP contribution in [0.3, 0.4) is 0 Å². The average Bonchev–Trinajstić information content (AvgIpc) is 2.72. The lowest BCUT2D eigenvalue weighted by Gasteiger charge is -2.33. The van der Waals surface area contributed by atoms with Gasteiger partial charge in [0.25, 0.3) is 0 Å². The SMILES string of the molecule is Nc1ncnc2cc(CN3CCN(C/C=C/c4ccc(Cl)cc4)CC3=O)ccc12. The van der Waals surface area contributed by atoms with Crippen molar-refractivity contribution >= 4 is 40.3 Å². The fourth-order valence-corrected chi connectivity index (χ4v) is 3.56. The fraction of sp³-hybridized carbons (Fsp3) is 0.227. The molecule has 0 spiro atoms. The molecule has 7 heteroatoms. The normalized spacial score (nSPS) is 15.5. The molecule has 6 nitrogen and oxygen atoms in total. The molecule has 2 N–H and O–H groups in total. The van der Waals surface area contributed by atoms with Crippen molar-refractivity contribution in [3.05, 3.63) is 71.0 Å². The van der Waals surface area contributed by atoms with Crippen molar-refractivity contribution in [3.63, 3.8) is 0 Å². The lowest BCUT2D eigenvalue weighted by atomic mass is 10.1.